The molecule has 0 aromatic rings. The van der Waals surface area contributed by atoms with Crippen LogP contribution in [0.2, 0.25) is 0 Å². The maximum absolute atomic E-state index is 11.3. The molecule has 0 heterocycles. The Morgan fingerprint density at radius 2 is 2.00 bits per heavy atom. The second-order valence-corrected chi connectivity index (χ2v) is 3.53. The van der Waals surface area contributed by atoms with Crippen molar-refractivity contribution in [3.8, 4) is 0 Å². The molecule has 3 heteroatoms. The highest BCUT2D eigenvalue weighted by Gasteiger charge is 2.21. The Labute approximate surface area is 75.5 Å². The largest absolute Gasteiger partial charge is 0.303 e. The van der Waals surface area contributed by atoms with Crippen molar-refractivity contribution in [2.45, 2.75) is 31.5 Å². The molecule has 0 amide bonds. The summed E-state index contributed by atoms with van der Waals surface area (Å²) in [4.78, 5) is 21.5. The third kappa shape index (κ3) is 3.14. The van der Waals surface area contributed by atoms with Crippen LogP contribution < -0.4 is 0 Å². The SMILES string of the molecule is CCC(Br)C(=O)C(C=O)CC. The molecule has 0 rings (SSSR count). The van der Waals surface area contributed by atoms with Gasteiger partial charge >= 0.3 is 0 Å². The van der Waals surface area contributed by atoms with Crippen LogP contribution in [-0.4, -0.2) is 16.9 Å². The molecule has 2 unspecified atom stereocenters. The van der Waals surface area contributed by atoms with Crippen LogP contribution in [0.4, 0.5) is 0 Å². The van der Waals surface area contributed by atoms with Crippen LogP contribution in [0.5, 0.6) is 0 Å². The van der Waals surface area contributed by atoms with Crippen molar-refractivity contribution in [1.82, 2.24) is 0 Å². The first-order chi connectivity index (χ1) is 5.17. The molecule has 0 aliphatic carbocycles. The minimum Gasteiger partial charge on any atom is -0.303 e. The third-order valence-electron chi connectivity index (χ3n) is 1.64. The fourth-order valence-corrected chi connectivity index (χ4v) is 1.14. The summed E-state index contributed by atoms with van der Waals surface area (Å²) in [5.41, 5.74) is 0. The molecule has 0 N–H and O–H groups in total. The van der Waals surface area contributed by atoms with E-state index >= 15 is 0 Å². The molecule has 0 saturated heterocycles. The summed E-state index contributed by atoms with van der Waals surface area (Å²) >= 11 is 3.22. The molecule has 0 radical (unpaired) electrons. The molecule has 11 heavy (non-hydrogen) atoms. The first-order valence-electron chi connectivity index (χ1n) is 3.80. The third-order valence-corrected chi connectivity index (χ3v) is 2.74. The number of hydrogen-bond donors (Lipinski definition) is 0. The molecule has 2 nitrogen and oxygen atoms in total. The molecule has 0 bridgehead atoms. The molecule has 0 fully saturated rings. The lowest BCUT2D eigenvalue weighted by molar-refractivity contribution is -0.126. The highest BCUT2D eigenvalue weighted by Crippen LogP contribution is 2.13. The molecule has 2 atom stereocenters. The lowest BCUT2D eigenvalue weighted by atomic mass is 10.00. The molecule has 0 saturated carbocycles. The van der Waals surface area contributed by atoms with Gasteiger partial charge in [-0.3, -0.25) is 4.79 Å². The number of carbonyl (C=O) groups excluding carboxylic acids is 2. The van der Waals surface area contributed by atoms with Gasteiger partial charge in [0.2, 0.25) is 0 Å². The quantitative estimate of drug-likeness (QED) is 0.404. The first-order valence-corrected chi connectivity index (χ1v) is 4.72. The fourth-order valence-electron chi connectivity index (χ4n) is 0.798. The Kier molecular flexibility index (Phi) is 5.38. The Morgan fingerprint density at radius 3 is 2.27 bits per heavy atom. The summed E-state index contributed by atoms with van der Waals surface area (Å²) in [7, 11) is 0. The summed E-state index contributed by atoms with van der Waals surface area (Å²) < 4.78 is 0. The van der Waals surface area contributed by atoms with Crippen LogP contribution >= 0.6 is 15.9 Å². The summed E-state index contributed by atoms with van der Waals surface area (Å²) in [6.07, 6.45) is 2.07. The molecule has 0 spiro atoms. The van der Waals surface area contributed by atoms with Gasteiger partial charge in [0.05, 0.1) is 10.7 Å². The van der Waals surface area contributed by atoms with Crippen LogP contribution in [-0.2, 0) is 9.59 Å². The molecule has 0 aliphatic rings. The minimum atomic E-state index is -0.417. The van der Waals surface area contributed by atoms with Gasteiger partial charge in [-0.2, -0.15) is 0 Å². The van der Waals surface area contributed by atoms with Gasteiger partial charge in [0.15, 0.2) is 5.78 Å². The normalized spacial score (nSPS) is 15.5. The Bertz CT molecular complexity index is 145. The van der Waals surface area contributed by atoms with E-state index in [0.717, 1.165) is 12.7 Å². The monoisotopic (exact) mass is 220 g/mol. The lowest BCUT2D eigenvalue weighted by Gasteiger charge is -2.09. The minimum absolute atomic E-state index is 0.00463. The van der Waals surface area contributed by atoms with Gasteiger partial charge in [-0.15, -0.1) is 0 Å². The number of ketones is 1. The van der Waals surface area contributed by atoms with E-state index in [2.05, 4.69) is 15.9 Å². The van der Waals surface area contributed by atoms with E-state index in [-0.39, 0.29) is 10.6 Å². The van der Waals surface area contributed by atoms with Gasteiger partial charge in [-0.25, -0.2) is 0 Å². The van der Waals surface area contributed by atoms with E-state index in [0.29, 0.717) is 6.42 Å². The number of hydrogen-bond acceptors (Lipinski definition) is 2. The predicted octanol–water partition coefficient (Wildman–Crippen LogP) is 1.95. The van der Waals surface area contributed by atoms with Crippen molar-refractivity contribution >= 4 is 28.0 Å². The lowest BCUT2D eigenvalue weighted by Crippen LogP contribution is -2.23. The van der Waals surface area contributed by atoms with E-state index in [4.69, 9.17) is 0 Å². The highest BCUT2D eigenvalue weighted by atomic mass is 79.9. The summed E-state index contributed by atoms with van der Waals surface area (Å²) in [5.74, 6) is -0.413. The second kappa shape index (κ2) is 5.47. The standard InChI is InChI=1S/C8H13BrO2/c1-3-6(5-10)8(11)7(9)4-2/h5-7H,3-4H2,1-2H3. The number of Topliss-reactive ketones (excluding diaryl/α,β-unsaturated/α-hetero) is 1. The summed E-state index contributed by atoms with van der Waals surface area (Å²) in [6, 6.07) is 0. The van der Waals surface area contributed by atoms with Crippen molar-refractivity contribution in [2.24, 2.45) is 5.92 Å². The zero-order valence-electron chi connectivity index (χ0n) is 6.84. The molecular weight excluding hydrogens is 208 g/mol. The molecule has 64 valence electrons. The average Bonchev–Trinajstić information content (AvgIpc) is 2.05. The van der Waals surface area contributed by atoms with Crippen molar-refractivity contribution in [2.75, 3.05) is 0 Å². The zero-order chi connectivity index (χ0) is 8.85. The van der Waals surface area contributed by atoms with Crippen LogP contribution in [0.3, 0.4) is 0 Å². The van der Waals surface area contributed by atoms with Crippen molar-refractivity contribution in [3.63, 3.8) is 0 Å². The zero-order valence-corrected chi connectivity index (χ0v) is 8.43. The van der Waals surface area contributed by atoms with Gasteiger partial charge in [-0.05, 0) is 12.8 Å². The first kappa shape index (κ1) is 10.8. The van der Waals surface area contributed by atoms with Gasteiger partial charge < -0.3 is 4.79 Å². The second-order valence-electron chi connectivity index (χ2n) is 2.43. The number of halogens is 1. The highest BCUT2D eigenvalue weighted by molar-refractivity contribution is 9.10. The van der Waals surface area contributed by atoms with Crippen LogP contribution in [0.1, 0.15) is 26.7 Å². The van der Waals surface area contributed by atoms with Gasteiger partial charge in [0.1, 0.15) is 6.29 Å². The maximum atomic E-state index is 11.3. The number of aldehydes is 1. The maximum Gasteiger partial charge on any atom is 0.156 e. The molecule has 0 aromatic heterocycles. The fraction of sp³-hybridized carbons (Fsp3) is 0.750. The number of carbonyl (C=O) groups is 2. The van der Waals surface area contributed by atoms with E-state index in [9.17, 15) is 9.59 Å². The Morgan fingerprint density at radius 1 is 1.45 bits per heavy atom. The molecule has 0 aromatic carbocycles. The van der Waals surface area contributed by atoms with Crippen molar-refractivity contribution in [3.05, 3.63) is 0 Å². The van der Waals surface area contributed by atoms with E-state index in [1.54, 1.807) is 0 Å². The smallest absolute Gasteiger partial charge is 0.156 e. The number of alkyl halides is 1. The number of rotatable bonds is 5. The summed E-state index contributed by atoms with van der Waals surface area (Å²) in [6.45, 7) is 3.75. The average molecular weight is 221 g/mol. The van der Waals surface area contributed by atoms with Gasteiger partial charge in [-0.1, -0.05) is 29.8 Å². The van der Waals surface area contributed by atoms with Crippen LogP contribution in [0.15, 0.2) is 0 Å². The van der Waals surface area contributed by atoms with Crippen molar-refractivity contribution < 1.29 is 9.59 Å². The molecule has 0 aliphatic heterocycles. The topological polar surface area (TPSA) is 34.1 Å². The van der Waals surface area contributed by atoms with Crippen molar-refractivity contribution in [1.29, 1.82) is 0 Å². The van der Waals surface area contributed by atoms with Gasteiger partial charge in [0, 0.05) is 0 Å². The van der Waals surface area contributed by atoms with Gasteiger partial charge in [0.25, 0.3) is 0 Å². The van der Waals surface area contributed by atoms with E-state index in [1.807, 2.05) is 13.8 Å². The van der Waals surface area contributed by atoms with Crippen LogP contribution in [0.25, 0.3) is 0 Å². The Balaban J connectivity index is 4.08. The predicted molar refractivity (Wildman–Crippen MR) is 47.9 cm³/mol. The molecular formula is C8H13BrO2. The summed E-state index contributed by atoms with van der Waals surface area (Å²) in [5, 5.41) is 0. The van der Waals surface area contributed by atoms with E-state index < -0.39 is 5.92 Å². The van der Waals surface area contributed by atoms with E-state index in [1.165, 1.54) is 0 Å². The Hall–Kier alpha value is -0.180. The van der Waals surface area contributed by atoms with Crippen LogP contribution in [0, 0.1) is 5.92 Å².